The monoisotopic (exact) mass is 196 g/mol. The molecule has 2 rings (SSSR count). The van der Waals surface area contributed by atoms with Gasteiger partial charge in [-0.25, -0.2) is 4.79 Å². The maximum atomic E-state index is 11.7. The van der Waals surface area contributed by atoms with E-state index in [4.69, 9.17) is 4.74 Å². The van der Waals surface area contributed by atoms with E-state index in [9.17, 15) is 9.90 Å². The summed E-state index contributed by atoms with van der Waals surface area (Å²) in [6.07, 6.45) is 1.28. The van der Waals surface area contributed by atoms with Crippen LogP contribution in [-0.2, 0) is 17.9 Å². The molecule has 0 amide bonds. The second kappa shape index (κ2) is 3.02. The van der Waals surface area contributed by atoms with Crippen molar-refractivity contribution < 1.29 is 9.84 Å². The summed E-state index contributed by atoms with van der Waals surface area (Å²) in [6, 6.07) is 0. The topological polar surface area (TPSA) is 56.4 Å². The zero-order valence-corrected chi connectivity index (χ0v) is 7.93. The smallest absolute Gasteiger partial charge is 0.333 e. The number of hydrogen-bond acceptors (Lipinski definition) is 3. The van der Waals surface area contributed by atoms with Crippen LogP contribution < -0.4 is 5.69 Å². The van der Waals surface area contributed by atoms with Gasteiger partial charge >= 0.3 is 5.69 Å². The highest BCUT2D eigenvalue weighted by molar-refractivity contribution is 5.22. The Balaban J connectivity index is 2.62. The highest BCUT2D eigenvalue weighted by atomic mass is 16.5. The normalized spacial score (nSPS) is 19.6. The molecule has 1 aromatic heterocycles. The van der Waals surface area contributed by atoms with Crippen LogP contribution in [-0.4, -0.2) is 14.2 Å². The number of hydrogen-bond donors (Lipinski definition) is 1. The lowest BCUT2D eigenvalue weighted by molar-refractivity contribution is 0.0431. The minimum atomic E-state index is -0.297. The van der Waals surface area contributed by atoms with Crippen molar-refractivity contribution in [1.82, 2.24) is 9.13 Å². The Bertz CT molecular complexity index is 430. The summed E-state index contributed by atoms with van der Waals surface area (Å²) in [4.78, 5) is 11.7. The van der Waals surface area contributed by atoms with E-state index in [2.05, 4.69) is 6.58 Å². The molecule has 0 saturated heterocycles. The first-order valence-electron chi connectivity index (χ1n) is 4.42. The summed E-state index contributed by atoms with van der Waals surface area (Å²) in [5.74, 6) is -0.0146. The predicted molar refractivity (Wildman–Crippen MR) is 50.1 cm³/mol. The Kier molecular flexibility index (Phi) is 1.96. The molecule has 76 valence electrons. The van der Waals surface area contributed by atoms with Crippen molar-refractivity contribution in [2.75, 3.05) is 0 Å². The highest BCUT2D eigenvalue weighted by Gasteiger charge is 2.28. The lowest BCUT2D eigenvalue weighted by atomic mass is 10.5. The highest BCUT2D eigenvalue weighted by Crippen LogP contribution is 2.27. The Morgan fingerprint density at radius 3 is 3.07 bits per heavy atom. The summed E-state index contributed by atoms with van der Waals surface area (Å²) in [5.41, 5.74) is 0.298. The van der Waals surface area contributed by atoms with Gasteiger partial charge in [-0.3, -0.25) is 9.13 Å². The fraction of sp³-hybridized carbons (Fsp3) is 0.444. The van der Waals surface area contributed by atoms with Gasteiger partial charge in [-0.2, -0.15) is 0 Å². The molecule has 1 unspecified atom stereocenters. The van der Waals surface area contributed by atoms with Crippen LogP contribution >= 0.6 is 0 Å². The minimum Gasteiger partial charge on any atom is -0.493 e. The number of aromatic nitrogens is 2. The number of nitrogens with zero attached hydrogens (tertiary/aromatic N) is 2. The van der Waals surface area contributed by atoms with E-state index in [-0.39, 0.29) is 24.4 Å². The van der Waals surface area contributed by atoms with Crippen molar-refractivity contribution in [3.63, 3.8) is 0 Å². The summed E-state index contributed by atoms with van der Waals surface area (Å²) >= 11 is 0. The second-order valence-corrected chi connectivity index (χ2v) is 3.23. The van der Waals surface area contributed by atoms with Crippen LogP contribution in [0, 0.1) is 0 Å². The maximum Gasteiger partial charge on any atom is 0.333 e. The van der Waals surface area contributed by atoms with Crippen molar-refractivity contribution >= 4 is 0 Å². The van der Waals surface area contributed by atoms with Gasteiger partial charge in [0.15, 0.2) is 0 Å². The van der Waals surface area contributed by atoms with E-state index >= 15 is 0 Å². The molecular weight excluding hydrogens is 184 g/mol. The summed E-state index contributed by atoms with van der Waals surface area (Å²) in [7, 11) is 0. The Morgan fingerprint density at radius 2 is 2.50 bits per heavy atom. The van der Waals surface area contributed by atoms with Gasteiger partial charge in [0.05, 0.1) is 6.61 Å². The molecule has 1 aromatic rings. The van der Waals surface area contributed by atoms with Crippen LogP contribution in [0.2, 0.25) is 0 Å². The third kappa shape index (κ3) is 1.02. The average Bonchev–Trinajstić information content (AvgIpc) is 2.63. The molecule has 14 heavy (non-hydrogen) atoms. The number of allylic oxidation sites excluding steroid dienone is 1. The van der Waals surface area contributed by atoms with Crippen molar-refractivity contribution in [2.45, 2.75) is 26.3 Å². The van der Waals surface area contributed by atoms with Crippen molar-refractivity contribution in [3.05, 3.63) is 28.8 Å². The minimum absolute atomic E-state index is 0.0146. The van der Waals surface area contributed by atoms with Gasteiger partial charge in [0.1, 0.15) is 11.9 Å². The van der Waals surface area contributed by atoms with Crippen LogP contribution in [0.15, 0.2) is 17.4 Å². The van der Waals surface area contributed by atoms with E-state index in [0.717, 1.165) is 0 Å². The number of fused-ring (bicyclic) bond motifs is 1. The van der Waals surface area contributed by atoms with Gasteiger partial charge in [-0.05, 0) is 6.92 Å². The van der Waals surface area contributed by atoms with Gasteiger partial charge in [0, 0.05) is 6.54 Å². The molecule has 0 bridgehead atoms. The van der Waals surface area contributed by atoms with E-state index in [0.29, 0.717) is 12.2 Å². The summed E-state index contributed by atoms with van der Waals surface area (Å²) in [5, 5.41) is 9.69. The van der Waals surface area contributed by atoms with Gasteiger partial charge in [0.25, 0.3) is 0 Å². The van der Waals surface area contributed by atoms with E-state index in [1.807, 2.05) is 0 Å². The van der Waals surface area contributed by atoms with E-state index in [1.165, 1.54) is 9.13 Å². The van der Waals surface area contributed by atoms with Crippen molar-refractivity contribution in [1.29, 1.82) is 0 Å². The molecule has 5 nitrogen and oxygen atoms in total. The fourth-order valence-electron chi connectivity index (χ4n) is 1.68. The van der Waals surface area contributed by atoms with Gasteiger partial charge in [-0.15, -0.1) is 6.58 Å². The largest absolute Gasteiger partial charge is 0.493 e. The Hall–Kier alpha value is -1.49. The van der Waals surface area contributed by atoms with Crippen LogP contribution in [0.4, 0.5) is 0 Å². The fourth-order valence-corrected chi connectivity index (χ4v) is 1.68. The van der Waals surface area contributed by atoms with Crippen LogP contribution in [0.5, 0.6) is 5.88 Å². The Morgan fingerprint density at radius 1 is 1.79 bits per heavy atom. The Labute approximate surface area is 80.8 Å². The molecule has 0 spiro atoms. The molecule has 1 aliphatic rings. The molecule has 2 heterocycles. The molecule has 1 atom stereocenters. The number of aromatic hydroxyl groups is 1. The van der Waals surface area contributed by atoms with Gasteiger partial charge in [-0.1, -0.05) is 6.08 Å². The van der Waals surface area contributed by atoms with E-state index in [1.54, 1.807) is 13.0 Å². The summed E-state index contributed by atoms with van der Waals surface area (Å²) < 4.78 is 7.96. The second-order valence-electron chi connectivity index (χ2n) is 3.23. The molecule has 0 radical (unpaired) electrons. The maximum absolute atomic E-state index is 11.7. The SMILES string of the molecule is C=CCn1c(O)c2n(c1=O)C(C)OC2. The van der Waals surface area contributed by atoms with Crippen LogP contribution in [0.1, 0.15) is 18.8 Å². The standard InChI is InChI=1S/C9H12N2O3/c1-3-4-10-8(12)7-5-14-6(2)11(7)9(10)13/h3,6,12H,1,4-5H2,2H3. The predicted octanol–water partition coefficient (Wildman–Crippen LogP) is 0.590. The first-order chi connectivity index (χ1) is 6.66. The first kappa shape index (κ1) is 9.08. The third-order valence-electron chi connectivity index (χ3n) is 2.38. The van der Waals surface area contributed by atoms with E-state index < -0.39 is 0 Å². The molecule has 1 aliphatic heterocycles. The first-order valence-corrected chi connectivity index (χ1v) is 4.42. The molecule has 0 aromatic carbocycles. The lowest BCUT2D eigenvalue weighted by Gasteiger charge is -2.03. The van der Waals surface area contributed by atoms with Crippen LogP contribution in [0.3, 0.4) is 0 Å². The number of ether oxygens (including phenoxy) is 1. The molecule has 1 N–H and O–H groups in total. The van der Waals surface area contributed by atoms with Gasteiger partial charge < -0.3 is 9.84 Å². The lowest BCUT2D eigenvalue weighted by Crippen LogP contribution is -2.25. The molecule has 0 aliphatic carbocycles. The van der Waals surface area contributed by atoms with Crippen LogP contribution in [0.25, 0.3) is 0 Å². The number of rotatable bonds is 2. The summed E-state index contributed by atoms with van der Waals surface area (Å²) in [6.45, 7) is 5.90. The average molecular weight is 196 g/mol. The zero-order valence-electron chi connectivity index (χ0n) is 7.93. The quantitative estimate of drug-likeness (QED) is 0.704. The van der Waals surface area contributed by atoms with Crippen molar-refractivity contribution in [3.8, 4) is 5.88 Å². The van der Waals surface area contributed by atoms with Gasteiger partial charge in [0.2, 0.25) is 5.88 Å². The van der Waals surface area contributed by atoms with Crippen molar-refractivity contribution in [2.24, 2.45) is 0 Å². The third-order valence-corrected chi connectivity index (χ3v) is 2.38. The molecule has 0 fully saturated rings. The molecular formula is C9H12N2O3. The molecule has 0 saturated carbocycles. The molecule has 5 heteroatoms. The number of imidazole rings is 1. The zero-order chi connectivity index (χ0) is 10.3.